The van der Waals surface area contributed by atoms with Gasteiger partial charge < -0.3 is 30.5 Å². The summed E-state index contributed by atoms with van der Waals surface area (Å²) in [6.45, 7) is 3.99. The molecular weight excluding hydrogens is 295 g/mol. The Hall–Kier alpha value is -1.24. The number of carbonyl (C=O) groups is 1. The molecule has 7 nitrogen and oxygen atoms in total. The van der Waals surface area contributed by atoms with Crippen LogP contribution in [-0.2, 0) is 9.36 Å². The summed E-state index contributed by atoms with van der Waals surface area (Å²) in [5, 5.41) is 11.5. The average molecular weight is 318 g/mol. The maximum absolute atomic E-state index is 11.0. The van der Waals surface area contributed by atoms with Crippen LogP contribution in [0, 0.1) is 0 Å². The second-order valence-corrected chi connectivity index (χ2v) is 6.61. The van der Waals surface area contributed by atoms with Crippen LogP contribution in [0.1, 0.15) is 25.5 Å². The van der Waals surface area contributed by atoms with Gasteiger partial charge in [-0.25, -0.2) is 0 Å². The first-order valence-electron chi connectivity index (χ1n) is 6.50. The van der Waals surface area contributed by atoms with Crippen molar-refractivity contribution in [2.45, 2.75) is 25.9 Å². The number of aliphatic carboxylic acids is 1. The first kappa shape index (κ1) is 19.8. The van der Waals surface area contributed by atoms with E-state index in [1.165, 1.54) is 0 Å². The quantitative estimate of drug-likeness (QED) is 0.526. The van der Waals surface area contributed by atoms with E-state index in [-0.39, 0.29) is 6.54 Å². The molecule has 2 atom stereocenters. The summed E-state index contributed by atoms with van der Waals surface area (Å²) in [4.78, 5) is 30.1. The maximum atomic E-state index is 11.0. The van der Waals surface area contributed by atoms with E-state index in [2.05, 4.69) is 24.9 Å². The van der Waals surface area contributed by atoms with E-state index in [1.807, 2.05) is 0 Å². The fourth-order valence-corrected chi connectivity index (χ4v) is 1.76. The molecule has 0 fully saturated rings. The summed E-state index contributed by atoms with van der Waals surface area (Å²) in [7, 11) is -4.35. The molecule has 0 aromatic heterocycles. The van der Waals surface area contributed by atoms with Crippen LogP contribution in [0.2, 0.25) is 0 Å². The molecule has 0 saturated carbocycles. The fourth-order valence-electron chi connectivity index (χ4n) is 1.34. The highest BCUT2D eigenvalue weighted by molar-refractivity contribution is 7.50. The summed E-state index contributed by atoms with van der Waals surface area (Å²) < 4.78 is 10.5. The lowest BCUT2D eigenvalue weighted by molar-refractivity contribution is -0.407. The van der Waals surface area contributed by atoms with Gasteiger partial charge in [-0.3, -0.25) is 4.79 Å². The number of quaternary nitrogens is 1. The lowest BCUT2D eigenvalue weighted by Gasteiger charge is -2.18. The van der Waals surface area contributed by atoms with Gasteiger partial charge in [0.25, 0.3) is 0 Å². The van der Waals surface area contributed by atoms with E-state index in [1.54, 1.807) is 30.3 Å². The van der Waals surface area contributed by atoms with Gasteiger partial charge in [-0.15, -0.1) is 0 Å². The molecule has 2 unspecified atom stereocenters. The van der Waals surface area contributed by atoms with Gasteiger partial charge in [0.2, 0.25) is 0 Å². The first-order chi connectivity index (χ1) is 9.63. The van der Waals surface area contributed by atoms with Gasteiger partial charge in [0, 0.05) is 12.7 Å². The van der Waals surface area contributed by atoms with Crippen LogP contribution in [0.15, 0.2) is 30.3 Å². The van der Waals surface area contributed by atoms with Gasteiger partial charge in [0.15, 0.2) is 0 Å². The van der Waals surface area contributed by atoms with Gasteiger partial charge in [0.1, 0.15) is 13.6 Å². The molecule has 0 aliphatic heterocycles. The third kappa shape index (κ3) is 11.1. The third-order valence-electron chi connectivity index (χ3n) is 2.12. The number of carboxylic acid groups (broad SMARTS) is 1. The molecule has 0 aliphatic rings. The lowest BCUT2D eigenvalue weighted by Crippen LogP contribution is -2.57. The van der Waals surface area contributed by atoms with Crippen molar-refractivity contribution in [3.8, 4) is 0 Å². The molecule has 1 aromatic carbocycles. The summed E-state index contributed by atoms with van der Waals surface area (Å²) >= 11 is 0. The van der Waals surface area contributed by atoms with Crippen molar-refractivity contribution in [2.75, 3.05) is 12.7 Å². The standard InChI is InChI=1S/C10H14NO5P.C3H9N/c12-10(13)9(8-4-2-1-3-5-8)11-6-7-17(14,15)16;1-3(2)4/h1-5,9,11H,6-7H2,(H,12,13)(H2,14,15,16);3H,4H2,1-2H3. The van der Waals surface area contributed by atoms with E-state index in [0.717, 1.165) is 0 Å². The van der Waals surface area contributed by atoms with Crippen molar-refractivity contribution >= 4 is 13.6 Å². The topological polar surface area (TPSA) is 137 Å². The van der Waals surface area contributed by atoms with Crippen molar-refractivity contribution < 1.29 is 30.0 Å². The van der Waals surface area contributed by atoms with Gasteiger partial charge in [0.05, 0.1) is 6.04 Å². The Kier molecular flexibility index (Phi) is 9.08. The minimum Gasteiger partial charge on any atom is -0.779 e. The second kappa shape index (κ2) is 9.65. The SMILES string of the molecule is CC(C)[NH3+].O=C(O)C(NCCP(=O)([O-])O)c1ccccc1. The Labute approximate surface area is 124 Å². The number of benzene rings is 1. The van der Waals surface area contributed by atoms with Crippen LogP contribution in [-0.4, -0.2) is 34.7 Å². The molecule has 6 N–H and O–H groups in total. The minimum absolute atomic E-state index is 0.122. The van der Waals surface area contributed by atoms with Gasteiger partial charge >= 0.3 is 5.97 Å². The van der Waals surface area contributed by atoms with Crippen LogP contribution >= 0.6 is 7.60 Å². The van der Waals surface area contributed by atoms with E-state index >= 15 is 0 Å². The van der Waals surface area contributed by atoms with Crippen molar-refractivity contribution in [1.82, 2.24) is 5.32 Å². The van der Waals surface area contributed by atoms with E-state index in [9.17, 15) is 14.3 Å². The smallest absolute Gasteiger partial charge is 0.325 e. The van der Waals surface area contributed by atoms with Crippen LogP contribution in [0.25, 0.3) is 0 Å². The Morgan fingerprint density at radius 1 is 1.38 bits per heavy atom. The Balaban J connectivity index is 0.000000885. The largest absolute Gasteiger partial charge is 0.779 e. The van der Waals surface area contributed by atoms with E-state index in [4.69, 9.17) is 10.00 Å². The number of hydrogen-bond acceptors (Lipinski definition) is 4. The zero-order chi connectivity index (χ0) is 16.5. The summed E-state index contributed by atoms with van der Waals surface area (Å²) in [6.07, 6.45) is -0.496. The predicted octanol–water partition coefficient (Wildman–Crippen LogP) is -0.416. The normalized spacial score (nSPS) is 14.8. The monoisotopic (exact) mass is 318 g/mol. The Morgan fingerprint density at radius 2 is 1.86 bits per heavy atom. The summed E-state index contributed by atoms with van der Waals surface area (Å²) in [5.74, 6) is -1.10. The van der Waals surface area contributed by atoms with Crippen molar-refractivity contribution in [3.63, 3.8) is 0 Å². The second-order valence-electron chi connectivity index (χ2n) is 4.89. The number of nitrogens with one attached hydrogen (secondary N) is 1. The van der Waals surface area contributed by atoms with Crippen molar-refractivity contribution in [3.05, 3.63) is 35.9 Å². The van der Waals surface area contributed by atoms with Crippen molar-refractivity contribution in [2.24, 2.45) is 0 Å². The molecule has 21 heavy (non-hydrogen) atoms. The number of hydrogen-bond donors (Lipinski definition) is 4. The summed E-state index contributed by atoms with van der Waals surface area (Å²) in [5.41, 5.74) is 4.17. The Morgan fingerprint density at radius 3 is 2.24 bits per heavy atom. The molecule has 0 saturated heterocycles. The third-order valence-corrected chi connectivity index (χ3v) is 2.91. The molecular formula is C13H23N2O5P. The molecule has 0 bridgehead atoms. The van der Waals surface area contributed by atoms with Crippen LogP contribution in [0.3, 0.4) is 0 Å². The number of rotatable bonds is 6. The van der Waals surface area contributed by atoms with Gasteiger partial charge in [-0.2, -0.15) is 0 Å². The zero-order valence-electron chi connectivity index (χ0n) is 12.2. The van der Waals surface area contributed by atoms with Crippen LogP contribution in [0.4, 0.5) is 0 Å². The molecule has 0 aliphatic carbocycles. The zero-order valence-corrected chi connectivity index (χ0v) is 13.1. The molecule has 0 radical (unpaired) electrons. The Bertz CT molecular complexity index is 458. The molecule has 8 heteroatoms. The molecule has 0 spiro atoms. The molecule has 1 rings (SSSR count). The van der Waals surface area contributed by atoms with Gasteiger partial charge in [-0.1, -0.05) is 30.3 Å². The van der Waals surface area contributed by atoms with Crippen LogP contribution < -0.4 is 15.9 Å². The number of carboxylic acids is 1. The van der Waals surface area contributed by atoms with Gasteiger partial charge in [-0.05, 0) is 19.4 Å². The van der Waals surface area contributed by atoms with Crippen molar-refractivity contribution in [1.29, 1.82) is 0 Å². The lowest BCUT2D eigenvalue weighted by atomic mass is 10.1. The minimum atomic E-state index is -4.35. The first-order valence-corrected chi connectivity index (χ1v) is 8.27. The van der Waals surface area contributed by atoms with E-state index < -0.39 is 25.8 Å². The maximum Gasteiger partial charge on any atom is 0.325 e. The molecule has 1 aromatic rings. The predicted molar refractivity (Wildman–Crippen MR) is 77.5 cm³/mol. The molecule has 0 amide bonds. The summed E-state index contributed by atoms with van der Waals surface area (Å²) in [6, 6.07) is 7.99. The fraction of sp³-hybridized carbons (Fsp3) is 0.462. The van der Waals surface area contributed by atoms with E-state index in [0.29, 0.717) is 11.6 Å². The molecule has 120 valence electrons. The van der Waals surface area contributed by atoms with Crippen LogP contribution in [0.5, 0.6) is 0 Å². The highest BCUT2D eigenvalue weighted by atomic mass is 31.2. The average Bonchev–Trinajstić information content (AvgIpc) is 2.33. The highest BCUT2D eigenvalue weighted by Gasteiger charge is 2.18. The molecule has 0 heterocycles. The highest BCUT2D eigenvalue weighted by Crippen LogP contribution is 2.27.